The molecule has 4 aromatic heterocycles. The van der Waals surface area contributed by atoms with Crippen LogP contribution < -0.4 is 11.1 Å². The Hall–Kier alpha value is -4.85. The number of amides is 1. The van der Waals surface area contributed by atoms with E-state index in [4.69, 9.17) is 5.73 Å². The maximum absolute atomic E-state index is 14.4. The van der Waals surface area contributed by atoms with Gasteiger partial charge in [-0.1, -0.05) is 18.2 Å². The van der Waals surface area contributed by atoms with Gasteiger partial charge in [0.25, 0.3) is 0 Å². The van der Waals surface area contributed by atoms with Gasteiger partial charge in [0.2, 0.25) is 5.91 Å². The highest BCUT2D eigenvalue weighted by Crippen LogP contribution is 2.46. The summed E-state index contributed by atoms with van der Waals surface area (Å²) in [5.74, 6) is -2.29. The molecule has 0 spiro atoms. The Balaban J connectivity index is 1.42. The van der Waals surface area contributed by atoms with Gasteiger partial charge in [-0.2, -0.15) is 5.10 Å². The third-order valence-corrected chi connectivity index (χ3v) is 8.46. The van der Waals surface area contributed by atoms with Crippen LogP contribution in [0.15, 0.2) is 41.9 Å². The maximum Gasteiger partial charge on any atom is 0.309 e. The molecule has 0 radical (unpaired) electrons. The third-order valence-electron chi connectivity index (χ3n) is 7.35. The second-order valence-corrected chi connectivity index (χ2v) is 11.7. The van der Waals surface area contributed by atoms with Crippen LogP contribution in [0.1, 0.15) is 42.6 Å². The minimum Gasteiger partial charge on any atom is -0.481 e. The molecule has 214 valence electrons. The number of hydrogen-bond acceptors (Lipinski definition) is 9. The lowest BCUT2D eigenvalue weighted by Gasteiger charge is -2.20. The van der Waals surface area contributed by atoms with Gasteiger partial charge in [0, 0.05) is 17.4 Å². The van der Waals surface area contributed by atoms with Crippen molar-refractivity contribution in [2.75, 3.05) is 11.1 Å². The average Bonchev–Trinajstić information content (AvgIpc) is 3.60. The van der Waals surface area contributed by atoms with Crippen LogP contribution in [0.25, 0.3) is 22.6 Å². The van der Waals surface area contributed by atoms with Crippen LogP contribution in [0, 0.1) is 17.0 Å². The van der Waals surface area contributed by atoms with Crippen LogP contribution in [0.3, 0.4) is 0 Å². The highest BCUT2D eigenvalue weighted by molar-refractivity contribution is 7.10. The fourth-order valence-corrected chi connectivity index (χ4v) is 5.95. The number of pyridine rings is 1. The van der Waals surface area contributed by atoms with Crippen molar-refractivity contribution < 1.29 is 23.5 Å². The molecule has 5 heterocycles. The first-order chi connectivity index (χ1) is 19.9. The summed E-state index contributed by atoms with van der Waals surface area (Å²) in [7, 11) is 0. The lowest BCUT2D eigenvalue weighted by molar-refractivity contribution is -0.146. The number of rotatable bonds is 7. The topological polar surface area (TPSA) is 162 Å². The van der Waals surface area contributed by atoms with Gasteiger partial charge < -0.3 is 16.2 Å². The number of aliphatic carboxylic acids is 1. The van der Waals surface area contributed by atoms with E-state index in [1.165, 1.54) is 28.2 Å². The number of carboxylic acid groups (broad SMARTS) is 1. The molecule has 14 heteroatoms. The van der Waals surface area contributed by atoms with E-state index in [1.54, 1.807) is 44.4 Å². The first-order valence-corrected chi connectivity index (χ1v) is 13.7. The smallest absolute Gasteiger partial charge is 0.309 e. The van der Waals surface area contributed by atoms with Crippen molar-refractivity contribution in [2.45, 2.75) is 39.2 Å². The van der Waals surface area contributed by atoms with E-state index in [9.17, 15) is 23.5 Å². The van der Waals surface area contributed by atoms with E-state index in [1.807, 2.05) is 0 Å². The van der Waals surface area contributed by atoms with Crippen LogP contribution >= 0.6 is 11.3 Å². The van der Waals surface area contributed by atoms with Gasteiger partial charge in [0.1, 0.15) is 39.4 Å². The minimum absolute atomic E-state index is 0.0142. The molecular weight excluding hydrogens is 566 g/mol. The molecule has 42 heavy (non-hydrogen) atoms. The van der Waals surface area contributed by atoms with Crippen LogP contribution in [-0.2, 0) is 28.0 Å². The number of carbonyl (C=O) groups is 2. The first kappa shape index (κ1) is 27.3. The van der Waals surface area contributed by atoms with Gasteiger partial charge in [-0.3, -0.25) is 9.59 Å². The van der Waals surface area contributed by atoms with E-state index in [-0.39, 0.29) is 47.2 Å². The molecule has 6 rings (SSSR count). The Morgan fingerprint density at radius 3 is 2.71 bits per heavy atom. The number of nitrogens with zero attached hydrogens (tertiary/aromatic N) is 6. The molecular formula is C28H24F2N8O3S. The van der Waals surface area contributed by atoms with E-state index in [2.05, 4.69) is 30.4 Å². The largest absolute Gasteiger partial charge is 0.481 e. The lowest BCUT2D eigenvalue weighted by atomic mass is 9.85. The summed E-state index contributed by atoms with van der Waals surface area (Å²) in [6, 6.07) is 7.44. The van der Waals surface area contributed by atoms with Gasteiger partial charge in [-0.05, 0) is 32.9 Å². The van der Waals surface area contributed by atoms with Crippen LogP contribution in [-0.4, -0.2) is 46.7 Å². The Kier molecular flexibility index (Phi) is 6.26. The zero-order valence-electron chi connectivity index (χ0n) is 22.6. The molecule has 1 unspecified atom stereocenters. The second-order valence-electron chi connectivity index (χ2n) is 10.9. The monoisotopic (exact) mass is 590 g/mol. The van der Waals surface area contributed by atoms with Gasteiger partial charge in [0.15, 0.2) is 11.5 Å². The van der Waals surface area contributed by atoms with Crippen molar-refractivity contribution in [3.8, 4) is 11.5 Å². The molecule has 1 aliphatic rings. The number of aromatic nitrogens is 6. The Morgan fingerprint density at radius 2 is 1.98 bits per heavy atom. The lowest BCUT2D eigenvalue weighted by Crippen LogP contribution is -2.33. The fraction of sp³-hybridized carbons (Fsp3) is 0.250. The molecule has 0 saturated carbocycles. The van der Waals surface area contributed by atoms with Crippen LogP contribution in [0.2, 0.25) is 0 Å². The Bertz CT molecular complexity index is 1920. The number of halogens is 2. The van der Waals surface area contributed by atoms with E-state index in [0.717, 1.165) is 6.20 Å². The molecule has 1 aromatic carbocycles. The minimum atomic E-state index is -1.34. The molecule has 1 atom stereocenters. The number of anilines is 2. The van der Waals surface area contributed by atoms with Crippen molar-refractivity contribution >= 4 is 45.9 Å². The molecule has 4 N–H and O–H groups in total. The van der Waals surface area contributed by atoms with Crippen molar-refractivity contribution in [3.05, 3.63) is 75.4 Å². The highest BCUT2D eigenvalue weighted by atomic mass is 32.1. The number of nitrogen functional groups attached to an aromatic ring is 1. The quantitative estimate of drug-likeness (QED) is 0.253. The second kappa shape index (κ2) is 9.62. The predicted molar refractivity (Wildman–Crippen MR) is 151 cm³/mol. The summed E-state index contributed by atoms with van der Waals surface area (Å²) in [6.07, 6.45) is 1.20. The van der Waals surface area contributed by atoms with Gasteiger partial charge in [-0.25, -0.2) is 33.4 Å². The first-order valence-electron chi connectivity index (χ1n) is 12.8. The number of nitrogens with one attached hydrogen (secondary N) is 1. The molecule has 1 aliphatic heterocycles. The van der Waals surface area contributed by atoms with Gasteiger partial charge >= 0.3 is 5.97 Å². The summed E-state index contributed by atoms with van der Waals surface area (Å²) in [6.45, 7) is 4.87. The van der Waals surface area contributed by atoms with Crippen molar-refractivity contribution in [1.29, 1.82) is 0 Å². The number of hydrogen-bond donors (Lipinski definition) is 3. The molecule has 0 bridgehead atoms. The van der Waals surface area contributed by atoms with Crippen molar-refractivity contribution in [3.63, 3.8) is 0 Å². The van der Waals surface area contributed by atoms with Crippen molar-refractivity contribution in [2.24, 2.45) is 5.41 Å². The maximum atomic E-state index is 14.4. The summed E-state index contributed by atoms with van der Waals surface area (Å²) in [5.41, 5.74) is 5.68. The van der Waals surface area contributed by atoms with Crippen LogP contribution in [0.4, 0.5) is 20.4 Å². The number of carboxylic acids is 1. The van der Waals surface area contributed by atoms with E-state index < -0.39 is 34.3 Å². The zero-order valence-corrected chi connectivity index (χ0v) is 23.5. The molecule has 0 saturated heterocycles. The van der Waals surface area contributed by atoms with E-state index >= 15 is 0 Å². The van der Waals surface area contributed by atoms with Crippen LogP contribution in [0.5, 0.6) is 0 Å². The van der Waals surface area contributed by atoms with Gasteiger partial charge in [0.05, 0.1) is 34.8 Å². The molecule has 11 nitrogen and oxygen atoms in total. The molecule has 5 aromatic rings. The number of fused-ring (bicyclic) bond motifs is 2. The fourth-order valence-electron chi connectivity index (χ4n) is 4.96. The van der Waals surface area contributed by atoms with Crippen molar-refractivity contribution in [1.82, 2.24) is 29.7 Å². The average molecular weight is 591 g/mol. The normalized spacial score (nSPS) is 16.5. The number of carbonyl (C=O) groups excluding carboxylic acids is 1. The SMILES string of the molecule is CC(C)(Cc1csc(C2(C)C(=O)Nc3nc(-c4nn(Cc5ccccc5F)c5ncc(F)cc45)nc(N)c32)n1)C(=O)O. The Labute approximate surface area is 241 Å². The molecule has 0 aliphatic carbocycles. The molecule has 1 amide bonds. The Morgan fingerprint density at radius 1 is 1.21 bits per heavy atom. The molecule has 0 fully saturated rings. The third kappa shape index (κ3) is 4.34. The summed E-state index contributed by atoms with van der Waals surface area (Å²) >= 11 is 1.21. The van der Waals surface area contributed by atoms with E-state index in [0.29, 0.717) is 21.8 Å². The van der Waals surface area contributed by atoms with Gasteiger partial charge in [-0.15, -0.1) is 11.3 Å². The highest BCUT2D eigenvalue weighted by Gasteiger charge is 2.50. The number of benzene rings is 1. The summed E-state index contributed by atoms with van der Waals surface area (Å²) < 4.78 is 30.1. The number of thiazole rings is 1. The zero-order chi connectivity index (χ0) is 30.0. The summed E-state index contributed by atoms with van der Waals surface area (Å²) in [4.78, 5) is 42.7. The standard InChI is InChI=1S/C28H24F2N8O3S/c1-27(2,26(40)41)9-15-12-42-25(33-15)28(3)18-20(31)34-22(35-21(18)36-24(28)39)19-16-8-14(29)10-32-23(16)38(37-19)11-13-6-4-5-7-17(13)30/h4-8,10,12H,9,11H2,1-3H3,(H,40,41)(H3,31,34,35,36,39). The summed E-state index contributed by atoms with van der Waals surface area (Å²) in [5, 5.41) is 19.2. The predicted octanol–water partition coefficient (Wildman–Crippen LogP) is 4.16. The number of nitrogens with two attached hydrogens (primary N) is 1.